The maximum absolute atomic E-state index is 12.6. The highest BCUT2D eigenvalue weighted by Gasteiger charge is 2.24. The van der Waals surface area contributed by atoms with E-state index in [9.17, 15) is 9.59 Å². The lowest BCUT2D eigenvalue weighted by atomic mass is 9.99. The summed E-state index contributed by atoms with van der Waals surface area (Å²) in [6.45, 7) is 5.39. The van der Waals surface area contributed by atoms with E-state index >= 15 is 0 Å². The van der Waals surface area contributed by atoms with E-state index in [-0.39, 0.29) is 30.0 Å². The molecule has 1 amide bonds. The molecule has 2 aromatic rings. The molecule has 1 aromatic heterocycles. The van der Waals surface area contributed by atoms with Gasteiger partial charge in [-0.25, -0.2) is 5.10 Å². The van der Waals surface area contributed by atoms with Crippen LogP contribution < -0.4 is 15.6 Å². The van der Waals surface area contributed by atoms with Crippen molar-refractivity contribution in [1.82, 2.24) is 15.1 Å². The number of ether oxygens (including phenoxy) is 1. The molecule has 1 aliphatic heterocycles. The van der Waals surface area contributed by atoms with Crippen molar-refractivity contribution in [2.75, 3.05) is 25.0 Å². The molecule has 1 atom stereocenters. The number of piperidine rings is 1. The summed E-state index contributed by atoms with van der Waals surface area (Å²) in [6, 6.07) is 7.41. The summed E-state index contributed by atoms with van der Waals surface area (Å²) in [5.74, 6) is 0.822. The molecule has 8 heteroatoms. The van der Waals surface area contributed by atoms with Crippen LogP contribution in [0.5, 0.6) is 5.75 Å². The van der Waals surface area contributed by atoms with Gasteiger partial charge in [-0.2, -0.15) is 5.10 Å². The number of aromatic nitrogens is 2. The zero-order valence-corrected chi connectivity index (χ0v) is 17.5. The first kappa shape index (κ1) is 21.2. The Balaban J connectivity index is 1.53. The van der Waals surface area contributed by atoms with Crippen molar-refractivity contribution in [2.24, 2.45) is 0 Å². The summed E-state index contributed by atoms with van der Waals surface area (Å²) >= 11 is 6.15. The molecule has 1 aromatic carbocycles. The molecular formula is C21H27ClN4O3. The number of carbonyl (C=O) groups excluding carboxylic acids is 1. The first-order valence-electron chi connectivity index (χ1n) is 10.00. The molecule has 3 rings (SSSR count). The summed E-state index contributed by atoms with van der Waals surface area (Å²) in [5, 5.41) is 9.94. The zero-order chi connectivity index (χ0) is 20.8. The number of H-pyrrole nitrogens is 1. The monoisotopic (exact) mass is 418 g/mol. The molecule has 0 spiro atoms. The number of carbonyl (C=O) groups is 1. The topological polar surface area (TPSA) is 87.3 Å². The Morgan fingerprint density at radius 1 is 1.38 bits per heavy atom. The van der Waals surface area contributed by atoms with Gasteiger partial charge in [0, 0.05) is 31.5 Å². The van der Waals surface area contributed by atoms with Crippen LogP contribution in [0.4, 0.5) is 5.69 Å². The summed E-state index contributed by atoms with van der Waals surface area (Å²) in [4.78, 5) is 26.6. The number of hydrogen-bond acceptors (Lipinski definition) is 5. The Labute approximate surface area is 175 Å². The molecule has 1 saturated heterocycles. The van der Waals surface area contributed by atoms with Gasteiger partial charge in [-0.15, -0.1) is 0 Å². The van der Waals surface area contributed by atoms with Crippen LogP contribution in [0.2, 0.25) is 5.02 Å². The van der Waals surface area contributed by atoms with Crippen LogP contribution in [0.3, 0.4) is 0 Å². The van der Waals surface area contributed by atoms with Crippen LogP contribution in [0.15, 0.2) is 35.3 Å². The Hall–Kier alpha value is -2.54. The highest BCUT2D eigenvalue weighted by molar-refractivity contribution is 6.32. The van der Waals surface area contributed by atoms with Crippen molar-refractivity contribution in [3.05, 3.63) is 51.4 Å². The van der Waals surface area contributed by atoms with Crippen molar-refractivity contribution in [2.45, 2.75) is 45.1 Å². The van der Waals surface area contributed by atoms with Crippen molar-refractivity contribution in [3.8, 4) is 5.75 Å². The van der Waals surface area contributed by atoms with Gasteiger partial charge in [0.1, 0.15) is 17.5 Å². The first-order valence-corrected chi connectivity index (χ1v) is 10.4. The number of para-hydroxylation sites is 1. The molecule has 1 aliphatic rings. The van der Waals surface area contributed by atoms with Crippen LogP contribution in [-0.4, -0.2) is 46.7 Å². The number of nitrogens with one attached hydrogen (secondary N) is 2. The number of aromatic amines is 1. The standard InChI is InChI=1S/C21H27ClN4O3/c1-3-14(2)16-12-24-25-21(28)20(16)23-13-19(27)26-10-8-15(9-11-26)29-18-7-5-4-6-17(18)22/h4-7,12,14-15H,3,8-11,13H2,1-2H3,(H,23,24)(H,25,28). The number of anilines is 1. The number of amides is 1. The molecule has 29 heavy (non-hydrogen) atoms. The molecule has 1 fully saturated rings. The van der Waals surface area contributed by atoms with E-state index in [4.69, 9.17) is 16.3 Å². The molecule has 2 N–H and O–H groups in total. The molecule has 0 bridgehead atoms. The van der Waals surface area contributed by atoms with E-state index in [2.05, 4.69) is 22.4 Å². The number of hydrogen-bond donors (Lipinski definition) is 2. The van der Waals surface area contributed by atoms with E-state index in [1.54, 1.807) is 17.2 Å². The fourth-order valence-electron chi connectivity index (χ4n) is 3.41. The van der Waals surface area contributed by atoms with Crippen LogP contribution >= 0.6 is 11.6 Å². The van der Waals surface area contributed by atoms with Gasteiger partial charge >= 0.3 is 0 Å². The minimum Gasteiger partial charge on any atom is -0.489 e. The third-order valence-electron chi connectivity index (χ3n) is 5.37. The van der Waals surface area contributed by atoms with E-state index < -0.39 is 0 Å². The summed E-state index contributed by atoms with van der Waals surface area (Å²) in [5.41, 5.74) is 0.956. The van der Waals surface area contributed by atoms with Gasteiger partial charge in [0.05, 0.1) is 17.8 Å². The maximum atomic E-state index is 12.6. The van der Waals surface area contributed by atoms with Gasteiger partial charge in [-0.3, -0.25) is 9.59 Å². The second-order valence-corrected chi connectivity index (χ2v) is 7.73. The van der Waals surface area contributed by atoms with Crippen LogP contribution in [0.1, 0.15) is 44.6 Å². The lowest BCUT2D eigenvalue weighted by Gasteiger charge is -2.32. The predicted octanol–water partition coefficient (Wildman–Crippen LogP) is 3.42. The van der Waals surface area contributed by atoms with E-state index in [1.807, 2.05) is 25.1 Å². The number of benzene rings is 1. The van der Waals surface area contributed by atoms with Crippen LogP contribution in [-0.2, 0) is 4.79 Å². The minimum absolute atomic E-state index is 0.0342. The van der Waals surface area contributed by atoms with Crippen molar-refractivity contribution in [3.63, 3.8) is 0 Å². The minimum atomic E-state index is -0.303. The lowest BCUT2D eigenvalue weighted by molar-refractivity contribution is -0.131. The Morgan fingerprint density at radius 2 is 2.10 bits per heavy atom. The highest BCUT2D eigenvalue weighted by Crippen LogP contribution is 2.27. The second kappa shape index (κ2) is 9.78. The molecule has 7 nitrogen and oxygen atoms in total. The smallest absolute Gasteiger partial charge is 0.287 e. The zero-order valence-electron chi connectivity index (χ0n) is 16.8. The van der Waals surface area contributed by atoms with Gasteiger partial charge in [0.2, 0.25) is 5.91 Å². The molecular weight excluding hydrogens is 392 g/mol. The quantitative estimate of drug-likeness (QED) is 0.719. The van der Waals surface area contributed by atoms with Gasteiger partial charge in [0.25, 0.3) is 5.56 Å². The van der Waals surface area contributed by atoms with Crippen molar-refractivity contribution in [1.29, 1.82) is 0 Å². The van der Waals surface area contributed by atoms with E-state index in [0.717, 1.165) is 24.8 Å². The predicted molar refractivity (Wildman–Crippen MR) is 114 cm³/mol. The second-order valence-electron chi connectivity index (χ2n) is 7.32. The maximum Gasteiger partial charge on any atom is 0.287 e. The average molecular weight is 419 g/mol. The van der Waals surface area contributed by atoms with Crippen molar-refractivity contribution >= 4 is 23.2 Å². The van der Waals surface area contributed by atoms with Crippen LogP contribution in [0.25, 0.3) is 0 Å². The largest absolute Gasteiger partial charge is 0.489 e. The Bertz CT molecular complexity index is 893. The SMILES string of the molecule is CCC(C)c1cn[nH]c(=O)c1NCC(=O)N1CCC(Oc2ccccc2Cl)CC1. The number of rotatable bonds is 7. The molecule has 0 aliphatic carbocycles. The Kier molecular flexibility index (Phi) is 7.14. The fraction of sp³-hybridized carbons (Fsp3) is 0.476. The highest BCUT2D eigenvalue weighted by atomic mass is 35.5. The lowest BCUT2D eigenvalue weighted by Crippen LogP contribution is -2.44. The summed E-state index contributed by atoms with van der Waals surface area (Å²) < 4.78 is 5.98. The fourth-order valence-corrected chi connectivity index (χ4v) is 3.59. The number of halogens is 1. The summed E-state index contributed by atoms with van der Waals surface area (Å²) in [7, 11) is 0. The van der Waals surface area contributed by atoms with Crippen molar-refractivity contribution < 1.29 is 9.53 Å². The average Bonchev–Trinajstić information content (AvgIpc) is 2.74. The molecule has 1 unspecified atom stereocenters. The van der Waals surface area contributed by atoms with Gasteiger partial charge in [-0.1, -0.05) is 37.6 Å². The van der Waals surface area contributed by atoms with Crippen LogP contribution in [0, 0.1) is 0 Å². The molecule has 0 saturated carbocycles. The van der Waals surface area contributed by atoms with E-state index in [1.165, 1.54) is 0 Å². The normalized spacial score (nSPS) is 15.8. The van der Waals surface area contributed by atoms with Gasteiger partial charge in [0.15, 0.2) is 0 Å². The molecule has 156 valence electrons. The first-order chi connectivity index (χ1) is 14.0. The van der Waals surface area contributed by atoms with Gasteiger partial charge < -0.3 is 15.0 Å². The third-order valence-corrected chi connectivity index (χ3v) is 5.68. The van der Waals surface area contributed by atoms with E-state index in [0.29, 0.717) is 29.5 Å². The number of nitrogens with zero attached hydrogens (tertiary/aromatic N) is 2. The molecule has 2 heterocycles. The summed E-state index contributed by atoms with van der Waals surface area (Å²) in [6.07, 6.45) is 4.05. The third kappa shape index (κ3) is 5.29. The van der Waals surface area contributed by atoms with Gasteiger partial charge in [-0.05, 0) is 24.5 Å². The molecule has 0 radical (unpaired) electrons. The Morgan fingerprint density at radius 3 is 2.79 bits per heavy atom. The number of likely N-dealkylation sites (tertiary alicyclic amines) is 1.